The van der Waals surface area contributed by atoms with Crippen molar-refractivity contribution in [1.29, 1.82) is 0 Å². The quantitative estimate of drug-likeness (QED) is 0.607. The third kappa shape index (κ3) is 3.36. The molecule has 0 N–H and O–H groups in total. The molecule has 1 aliphatic heterocycles. The number of hydrogen-bond donors (Lipinski definition) is 0. The minimum absolute atomic E-state index is 0.0994. The molecule has 0 aromatic heterocycles. The number of cyclic esters (lactones) is 1. The summed E-state index contributed by atoms with van der Waals surface area (Å²) >= 11 is 0. The van der Waals surface area contributed by atoms with Crippen LogP contribution in [-0.2, 0) is 9.47 Å². The third-order valence-electron chi connectivity index (χ3n) is 4.79. The number of anilines is 1. The molecule has 1 aromatic rings. The van der Waals surface area contributed by atoms with E-state index in [1.54, 1.807) is 19.2 Å². The Kier molecular flexibility index (Phi) is 4.99. The second-order valence-corrected chi connectivity index (χ2v) is 6.41. The molecule has 7 heteroatoms. The van der Waals surface area contributed by atoms with E-state index in [0.29, 0.717) is 18.8 Å². The Morgan fingerprint density at radius 2 is 2.08 bits per heavy atom. The second-order valence-electron chi connectivity index (χ2n) is 6.41. The summed E-state index contributed by atoms with van der Waals surface area (Å²) in [5.74, 6) is 0.236. The minimum Gasteiger partial charge on any atom is -0.441 e. The van der Waals surface area contributed by atoms with E-state index in [9.17, 15) is 14.9 Å². The molecule has 0 bridgehead atoms. The molecule has 1 amide bonds. The number of ether oxygens (including phenoxy) is 2. The van der Waals surface area contributed by atoms with Crippen LogP contribution in [0.3, 0.4) is 0 Å². The summed E-state index contributed by atoms with van der Waals surface area (Å²) in [7, 11) is 1.54. The molecule has 1 atom stereocenters. The first kappa shape index (κ1) is 16.7. The van der Waals surface area contributed by atoms with Gasteiger partial charge in [0, 0.05) is 18.7 Å². The number of benzene rings is 1. The fourth-order valence-corrected chi connectivity index (χ4v) is 3.62. The predicted molar refractivity (Wildman–Crippen MR) is 88.4 cm³/mol. The van der Waals surface area contributed by atoms with Gasteiger partial charge < -0.3 is 9.47 Å². The van der Waals surface area contributed by atoms with Crippen molar-refractivity contribution in [3.8, 4) is 0 Å². The van der Waals surface area contributed by atoms with Gasteiger partial charge in [-0.15, -0.1) is 0 Å². The first-order chi connectivity index (χ1) is 11.6. The Hall–Kier alpha value is -2.15. The molecule has 1 aliphatic carbocycles. The maximum Gasteiger partial charge on any atom is 0.414 e. The summed E-state index contributed by atoms with van der Waals surface area (Å²) in [4.78, 5) is 24.6. The lowest BCUT2D eigenvalue weighted by atomic mass is 9.83. The SMILES string of the molecule is COC[C@@H]1CN(c2ccc(C3CCCCC3)c([N+](=O)[O-])c2)C(=O)O1. The van der Waals surface area contributed by atoms with E-state index in [1.165, 1.54) is 17.4 Å². The van der Waals surface area contributed by atoms with E-state index < -0.39 is 6.09 Å². The lowest BCUT2D eigenvalue weighted by molar-refractivity contribution is -0.385. The molecule has 7 nitrogen and oxygen atoms in total. The first-order valence-electron chi connectivity index (χ1n) is 8.35. The lowest BCUT2D eigenvalue weighted by Gasteiger charge is -2.22. The maximum absolute atomic E-state index is 12.0. The maximum atomic E-state index is 12.0. The van der Waals surface area contributed by atoms with E-state index in [0.717, 1.165) is 31.2 Å². The average Bonchev–Trinajstić information content (AvgIpc) is 2.96. The van der Waals surface area contributed by atoms with E-state index in [4.69, 9.17) is 9.47 Å². The number of nitrogens with zero attached hydrogens (tertiary/aromatic N) is 2. The zero-order valence-electron chi connectivity index (χ0n) is 13.8. The van der Waals surface area contributed by atoms with Crippen LogP contribution in [0.4, 0.5) is 16.2 Å². The number of nitro groups is 1. The molecule has 3 rings (SSSR count). The summed E-state index contributed by atoms with van der Waals surface area (Å²) in [6.45, 7) is 0.650. The number of hydrogen-bond acceptors (Lipinski definition) is 5. The van der Waals surface area contributed by atoms with Gasteiger partial charge in [-0.2, -0.15) is 0 Å². The molecule has 1 aromatic carbocycles. The molecule has 2 fully saturated rings. The highest BCUT2D eigenvalue weighted by molar-refractivity contribution is 5.90. The van der Waals surface area contributed by atoms with Crippen molar-refractivity contribution in [3.63, 3.8) is 0 Å². The van der Waals surface area contributed by atoms with Crippen molar-refractivity contribution in [2.45, 2.75) is 44.1 Å². The molecule has 1 saturated carbocycles. The highest BCUT2D eigenvalue weighted by Gasteiger charge is 2.34. The van der Waals surface area contributed by atoms with Gasteiger partial charge in [0.05, 0.1) is 23.8 Å². The molecule has 130 valence electrons. The van der Waals surface area contributed by atoms with Crippen molar-refractivity contribution in [2.75, 3.05) is 25.2 Å². The van der Waals surface area contributed by atoms with Gasteiger partial charge in [0.1, 0.15) is 6.10 Å². The number of carbonyl (C=O) groups excluding carboxylic acids is 1. The Morgan fingerprint density at radius 1 is 1.33 bits per heavy atom. The minimum atomic E-state index is -0.489. The standard InChI is InChI=1S/C17H22N2O5/c1-23-11-14-10-18(17(20)24-14)13-7-8-15(16(9-13)19(21)22)12-5-3-2-4-6-12/h7-9,12,14H,2-6,10-11H2,1H3/t14-/m0/s1. The summed E-state index contributed by atoms with van der Waals surface area (Å²) in [6, 6.07) is 5.09. The van der Waals surface area contributed by atoms with Crippen LogP contribution in [0.5, 0.6) is 0 Å². The van der Waals surface area contributed by atoms with E-state index in [2.05, 4.69) is 0 Å². The number of methoxy groups -OCH3 is 1. The van der Waals surface area contributed by atoms with Crippen molar-refractivity contribution in [2.24, 2.45) is 0 Å². The highest BCUT2D eigenvalue weighted by Crippen LogP contribution is 2.39. The highest BCUT2D eigenvalue weighted by atomic mass is 16.6. The Morgan fingerprint density at radius 3 is 2.75 bits per heavy atom. The number of amides is 1. The summed E-state index contributed by atoms with van der Waals surface area (Å²) in [6.07, 6.45) is 4.56. The van der Waals surface area contributed by atoms with Gasteiger partial charge in [-0.3, -0.25) is 15.0 Å². The molecule has 2 aliphatic rings. The summed E-state index contributed by atoms with van der Waals surface area (Å²) < 4.78 is 10.2. The topological polar surface area (TPSA) is 81.9 Å². The van der Waals surface area contributed by atoms with E-state index >= 15 is 0 Å². The van der Waals surface area contributed by atoms with Crippen LogP contribution in [0.25, 0.3) is 0 Å². The summed E-state index contributed by atoms with van der Waals surface area (Å²) in [5.41, 5.74) is 1.39. The molecule has 0 unspecified atom stereocenters. The molecule has 0 radical (unpaired) electrons. The second kappa shape index (κ2) is 7.17. The molecular formula is C17H22N2O5. The molecule has 0 spiro atoms. The number of rotatable bonds is 5. The van der Waals surface area contributed by atoms with Gasteiger partial charge in [0.2, 0.25) is 0 Å². The van der Waals surface area contributed by atoms with Crippen LogP contribution in [0.1, 0.15) is 43.6 Å². The fraction of sp³-hybridized carbons (Fsp3) is 0.588. The van der Waals surface area contributed by atoms with Gasteiger partial charge >= 0.3 is 6.09 Å². The van der Waals surface area contributed by atoms with Crippen LogP contribution in [0, 0.1) is 10.1 Å². The summed E-state index contributed by atoms with van der Waals surface area (Å²) in [5, 5.41) is 11.5. The Bertz CT molecular complexity index is 627. The van der Waals surface area contributed by atoms with Crippen molar-refractivity contribution in [1.82, 2.24) is 0 Å². The molecular weight excluding hydrogens is 312 g/mol. The lowest BCUT2D eigenvalue weighted by Crippen LogP contribution is -2.25. The largest absolute Gasteiger partial charge is 0.441 e. The number of nitro benzene ring substituents is 1. The van der Waals surface area contributed by atoms with Crippen molar-refractivity contribution < 1.29 is 19.2 Å². The van der Waals surface area contributed by atoms with Gasteiger partial charge in [-0.05, 0) is 30.9 Å². The van der Waals surface area contributed by atoms with Crippen molar-refractivity contribution in [3.05, 3.63) is 33.9 Å². The van der Waals surface area contributed by atoms with Crippen LogP contribution in [0.15, 0.2) is 18.2 Å². The zero-order valence-corrected chi connectivity index (χ0v) is 13.8. The Labute approximate surface area is 140 Å². The van der Waals surface area contributed by atoms with Gasteiger partial charge in [0.15, 0.2) is 0 Å². The molecule has 1 saturated heterocycles. The first-order valence-corrected chi connectivity index (χ1v) is 8.35. The number of carbonyl (C=O) groups is 1. The third-order valence-corrected chi connectivity index (χ3v) is 4.79. The van der Waals surface area contributed by atoms with Crippen LogP contribution < -0.4 is 4.90 Å². The smallest absolute Gasteiger partial charge is 0.414 e. The molecule has 1 heterocycles. The fourth-order valence-electron chi connectivity index (χ4n) is 3.62. The average molecular weight is 334 g/mol. The van der Waals surface area contributed by atoms with Gasteiger partial charge in [-0.1, -0.05) is 19.3 Å². The monoisotopic (exact) mass is 334 g/mol. The predicted octanol–water partition coefficient (Wildman–Crippen LogP) is 3.61. The van der Waals surface area contributed by atoms with E-state index in [1.807, 2.05) is 0 Å². The van der Waals surface area contributed by atoms with E-state index in [-0.39, 0.29) is 22.6 Å². The molecule has 24 heavy (non-hydrogen) atoms. The zero-order chi connectivity index (χ0) is 17.1. The normalized spacial score (nSPS) is 21.8. The van der Waals surface area contributed by atoms with Crippen LogP contribution in [0.2, 0.25) is 0 Å². The van der Waals surface area contributed by atoms with Crippen LogP contribution in [-0.4, -0.2) is 37.4 Å². The Balaban J connectivity index is 1.86. The van der Waals surface area contributed by atoms with Gasteiger partial charge in [0.25, 0.3) is 5.69 Å². The van der Waals surface area contributed by atoms with Crippen LogP contribution >= 0.6 is 0 Å². The van der Waals surface area contributed by atoms with Gasteiger partial charge in [-0.25, -0.2) is 4.79 Å². The van der Waals surface area contributed by atoms with Crippen molar-refractivity contribution >= 4 is 17.5 Å².